The molecule has 0 saturated carbocycles. The second-order valence-corrected chi connectivity index (χ2v) is 4.33. The van der Waals surface area contributed by atoms with Crippen molar-refractivity contribution in [3.8, 4) is 0 Å². The molecule has 1 unspecified atom stereocenters. The van der Waals surface area contributed by atoms with Crippen LogP contribution in [-0.4, -0.2) is 26.3 Å². The van der Waals surface area contributed by atoms with Gasteiger partial charge in [0.1, 0.15) is 6.33 Å². The quantitative estimate of drug-likeness (QED) is 0.838. The number of nitrogens with one attached hydrogen (secondary N) is 1. The molecule has 2 aromatic heterocycles. The van der Waals surface area contributed by atoms with Crippen LogP contribution in [0.4, 0.5) is 0 Å². The number of hydrogen-bond acceptors (Lipinski definition) is 4. The van der Waals surface area contributed by atoms with Gasteiger partial charge in [-0.25, -0.2) is 9.97 Å². The SMILES string of the molecule is CCCNC(Cc1ccn(C)n1)c1ccncn1. The van der Waals surface area contributed by atoms with Gasteiger partial charge in [0.25, 0.3) is 0 Å². The van der Waals surface area contributed by atoms with Crippen molar-refractivity contribution < 1.29 is 0 Å². The summed E-state index contributed by atoms with van der Waals surface area (Å²) in [7, 11) is 1.93. The molecule has 1 atom stereocenters. The Hall–Kier alpha value is -1.75. The number of aromatic nitrogens is 4. The summed E-state index contributed by atoms with van der Waals surface area (Å²) in [5.41, 5.74) is 2.09. The first kappa shape index (κ1) is 12.7. The molecule has 0 bridgehead atoms. The van der Waals surface area contributed by atoms with Gasteiger partial charge in [-0.2, -0.15) is 5.10 Å². The van der Waals surface area contributed by atoms with Crippen LogP contribution in [0, 0.1) is 0 Å². The summed E-state index contributed by atoms with van der Waals surface area (Å²) in [6, 6.07) is 4.20. The Bertz CT molecular complexity index is 465. The molecule has 96 valence electrons. The van der Waals surface area contributed by atoms with Gasteiger partial charge in [-0.05, 0) is 25.1 Å². The summed E-state index contributed by atoms with van der Waals surface area (Å²) >= 11 is 0. The van der Waals surface area contributed by atoms with E-state index in [0.29, 0.717) is 0 Å². The van der Waals surface area contributed by atoms with E-state index in [2.05, 4.69) is 27.3 Å². The van der Waals surface area contributed by atoms with E-state index in [9.17, 15) is 0 Å². The molecule has 1 N–H and O–H groups in total. The van der Waals surface area contributed by atoms with Crippen molar-refractivity contribution in [2.45, 2.75) is 25.8 Å². The summed E-state index contributed by atoms with van der Waals surface area (Å²) in [5, 5.41) is 7.92. The number of nitrogens with zero attached hydrogens (tertiary/aromatic N) is 4. The third-order valence-corrected chi connectivity index (χ3v) is 2.78. The zero-order chi connectivity index (χ0) is 12.8. The molecular weight excluding hydrogens is 226 g/mol. The fourth-order valence-corrected chi connectivity index (χ4v) is 1.89. The van der Waals surface area contributed by atoms with E-state index in [1.807, 2.05) is 30.1 Å². The standard InChI is InChI=1S/C13H19N5/c1-3-6-15-13(12-4-7-14-10-16-12)9-11-5-8-18(2)17-11/h4-5,7-8,10,13,15H,3,6,9H2,1-2H3. The highest BCUT2D eigenvalue weighted by atomic mass is 15.2. The van der Waals surface area contributed by atoms with E-state index in [-0.39, 0.29) is 6.04 Å². The van der Waals surface area contributed by atoms with E-state index >= 15 is 0 Å². The molecular formula is C13H19N5. The van der Waals surface area contributed by atoms with Crippen molar-refractivity contribution in [2.75, 3.05) is 6.54 Å². The zero-order valence-corrected chi connectivity index (χ0v) is 10.9. The van der Waals surface area contributed by atoms with Gasteiger partial charge in [-0.15, -0.1) is 0 Å². The van der Waals surface area contributed by atoms with Crippen LogP contribution < -0.4 is 5.32 Å². The van der Waals surface area contributed by atoms with E-state index in [4.69, 9.17) is 0 Å². The Morgan fingerprint density at radius 2 is 2.28 bits per heavy atom. The Labute approximate surface area is 107 Å². The van der Waals surface area contributed by atoms with Crippen molar-refractivity contribution >= 4 is 0 Å². The molecule has 0 saturated heterocycles. The van der Waals surface area contributed by atoms with Gasteiger partial charge in [-0.3, -0.25) is 4.68 Å². The highest BCUT2D eigenvalue weighted by molar-refractivity contribution is 5.10. The van der Waals surface area contributed by atoms with Gasteiger partial charge in [0.05, 0.1) is 17.4 Å². The third kappa shape index (κ3) is 3.37. The minimum absolute atomic E-state index is 0.197. The number of rotatable bonds is 6. The van der Waals surface area contributed by atoms with Crippen molar-refractivity contribution in [1.82, 2.24) is 25.1 Å². The van der Waals surface area contributed by atoms with Crippen LogP contribution in [0.5, 0.6) is 0 Å². The molecule has 18 heavy (non-hydrogen) atoms. The first-order chi connectivity index (χ1) is 8.79. The van der Waals surface area contributed by atoms with E-state index in [1.165, 1.54) is 0 Å². The molecule has 0 fully saturated rings. The zero-order valence-electron chi connectivity index (χ0n) is 10.9. The normalized spacial score (nSPS) is 12.6. The molecule has 5 nitrogen and oxygen atoms in total. The molecule has 2 heterocycles. The lowest BCUT2D eigenvalue weighted by Gasteiger charge is -2.16. The van der Waals surface area contributed by atoms with Gasteiger partial charge in [0.15, 0.2) is 0 Å². The van der Waals surface area contributed by atoms with Crippen LogP contribution in [-0.2, 0) is 13.5 Å². The van der Waals surface area contributed by atoms with E-state index in [0.717, 1.165) is 30.8 Å². The van der Waals surface area contributed by atoms with Crippen LogP contribution in [0.2, 0.25) is 0 Å². The first-order valence-electron chi connectivity index (χ1n) is 6.27. The molecule has 2 rings (SSSR count). The summed E-state index contributed by atoms with van der Waals surface area (Å²) in [6.07, 6.45) is 7.28. The van der Waals surface area contributed by atoms with Crippen LogP contribution in [0.1, 0.15) is 30.8 Å². The lowest BCUT2D eigenvalue weighted by Crippen LogP contribution is -2.25. The van der Waals surface area contributed by atoms with Crippen molar-refractivity contribution in [1.29, 1.82) is 0 Å². The van der Waals surface area contributed by atoms with Crippen LogP contribution in [0.25, 0.3) is 0 Å². The second kappa shape index (κ2) is 6.26. The van der Waals surface area contributed by atoms with Gasteiger partial charge in [0.2, 0.25) is 0 Å². The smallest absolute Gasteiger partial charge is 0.115 e. The minimum atomic E-state index is 0.197. The van der Waals surface area contributed by atoms with Gasteiger partial charge >= 0.3 is 0 Å². The van der Waals surface area contributed by atoms with Crippen LogP contribution in [0.15, 0.2) is 30.9 Å². The Morgan fingerprint density at radius 3 is 2.89 bits per heavy atom. The molecule has 5 heteroatoms. The van der Waals surface area contributed by atoms with E-state index in [1.54, 1.807) is 12.5 Å². The van der Waals surface area contributed by atoms with Gasteiger partial charge in [0, 0.05) is 25.9 Å². The fraction of sp³-hybridized carbons (Fsp3) is 0.462. The predicted molar refractivity (Wildman–Crippen MR) is 70.0 cm³/mol. The highest BCUT2D eigenvalue weighted by Gasteiger charge is 2.14. The highest BCUT2D eigenvalue weighted by Crippen LogP contribution is 2.14. The molecule has 0 aliphatic rings. The van der Waals surface area contributed by atoms with Crippen LogP contribution in [0.3, 0.4) is 0 Å². The first-order valence-corrected chi connectivity index (χ1v) is 6.27. The molecule has 0 aliphatic heterocycles. The van der Waals surface area contributed by atoms with Gasteiger partial charge < -0.3 is 5.32 Å². The second-order valence-electron chi connectivity index (χ2n) is 4.33. The summed E-state index contributed by atoms with van der Waals surface area (Å²) < 4.78 is 1.83. The molecule has 0 aromatic carbocycles. The fourth-order valence-electron chi connectivity index (χ4n) is 1.89. The van der Waals surface area contributed by atoms with Crippen LogP contribution >= 0.6 is 0 Å². The maximum absolute atomic E-state index is 4.42. The average molecular weight is 245 g/mol. The Morgan fingerprint density at radius 1 is 1.39 bits per heavy atom. The maximum Gasteiger partial charge on any atom is 0.115 e. The summed E-state index contributed by atoms with van der Waals surface area (Å²) in [4.78, 5) is 8.29. The molecule has 2 aromatic rings. The summed E-state index contributed by atoms with van der Waals surface area (Å²) in [6.45, 7) is 3.13. The minimum Gasteiger partial charge on any atom is -0.308 e. The molecule has 0 amide bonds. The number of aryl methyl sites for hydroxylation is 1. The van der Waals surface area contributed by atoms with Crippen molar-refractivity contribution in [2.24, 2.45) is 7.05 Å². The molecule has 0 aliphatic carbocycles. The summed E-state index contributed by atoms with van der Waals surface area (Å²) in [5.74, 6) is 0. The van der Waals surface area contributed by atoms with Crippen molar-refractivity contribution in [3.63, 3.8) is 0 Å². The predicted octanol–water partition coefficient (Wildman–Crippen LogP) is 1.49. The Kier molecular flexibility index (Phi) is 4.41. The van der Waals surface area contributed by atoms with Gasteiger partial charge in [-0.1, -0.05) is 6.92 Å². The molecule has 0 radical (unpaired) electrons. The number of hydrogen-bond donors (Lipinski definition) is 1. The Balaban J connectivity index is 2.10. The molecule has 0 spiro atoms. The average Bonchev–Trinajstić information content (AvgIpc) is 2.81. The van der Waals surface area contributed by atoms with Crippen molar-refractivity contribution in [3.05, 3.63) is 42.2 Å². The third-order valence-electron chi connectivity index (χ3n) is 2.78. The largest absolute Gasteiger partial charge is 0.308 e. The topological polar surface area (TPSA) is 55.6 Å². The lowest BCUT2D eigenvalue weighted by molar-refractivity contribution is 0.509. The maximum atomic E-state index is 4.42. The monoisotopic (exact) mass is 245 g/mol. The van der Waals surface area contributed by atoms with E-state index < -0.39 is 0 Å². The lowest BCUT2D eigenvalue weighted by atomic mass is 10.1.